The Labute approximate surface area is 144 Å². The second-order valence-electron chi connectivity index (χ2n) is 6.21. The van der Waals surface area contributed by atoms with Gasteiger partial charge in [0.15, 0.2) is 0 Å². The van der Waals surface area contributed by atoms with Crippen molar-refractivity contribution in [2.24, 2.45) is 5.41 Å². The van der Waals surface area contributed by atoms with E-state index in [2.05, 4.69) is 4.90 Å². The van der Waals surface area contributed by atoms with Crippen LogP contribution in [0.25, 0.3) is 0 Å². The monoisotopic (exact) mass is 358 g/mol. The zero-order valence-electron chi connectivity index (χ0n) is 13.9. The lowest BCUT2D eigenvalue weighted by atomic mass is 9.78. The van der Waals surface area contributed by atoms with Crippen LogP contribution < -0.4 is 5.32 Å². The van der Waals surface area contributed by atoms with Crippen LogP contribution in [-0.4, -0.2) is 49.7 Å². The first-order valence-electron chi connectivity index (χ1n) is 7.96. The molecule has 2 rings (SSSR count). The minimum atomic E-state index is -4.97. The van der Waals surface area contributed by atoms with E-state index in [1.807, 2.05) is 35.6 Å². The number of carbonyl (C=O) groups is 2. The molecule has 1 amide bonds. The van der Waals surface area contributed by atoms with E-state index in [-0.39, 0.29) is 6.54 Å². The molecule has 25 heavy (non-hydrogen) atoms. The number of hydrogen-bond acceptors (Lipinski definition) is 4. The molecule has 0 aliphatic carbocycles. The highest BCUT2D eigenvalue weighted by molar-refractivity contribution is 5.83. The van der Waals surface area contributed by atoms with Crippen molar-refractivity contribution in [1.82, 2.24) is 10.2 Å². The van der Waals surface area contributed by atoms with Gasteiger partial charge in [-0.3, -0.25) is 14.5 Å². The van der Waals surface area contributed by atoms with E-state index in [9.17, 15) is 22.8 Å². The number of halogens is 3. The highest BCUT2D eigenvalue weighted by Gasteiger charge is 2.45. The largest absolute Gasteiger partial charge is 0.471 e. The van der Waals surface area contributed by atoms with Crippen LogP contribution in [0.4, 0.5) is 13.2 Å². The highest BCUT2D eigenvalue weighted by Crippen LogP contribution is 2.33. The number of amides is 1. The third kappa shape index (κ3) is 4.94. The molecule has 5 nitrogen and oxygen atoms in total. The third-order valence-corrected chi connectivity index (χ3v) is 4.53. The van der Waals surface area contributed by atoms with Gasteiger partial charge in [-0.15, -0.1) is 0 Å². The lowest BCUT2D eigenvalue weighted by Gasteiger charge is -2.39. The van der Waals surface area contributed by atoms with Gasteiger partial charge in [-0.05, 0) is 31.5 Å². The van der Waals surface area contributed by atoms with Crippen LogP contribution in [0.2, 0.25) is 0 Å². The molecule has 0 atom stereocenters. The number of rotatable bonds is 5. The summed E-state index contributed by atoms with van der Waals surface area (Å²) >= 11 is 0. The molecule has 1 fully saturated rings. The molecule has 1 aromatic carbocycles. The number of methoxy groups -OCH3 is 1. The normalized spacial score (nSPS) is 17.8. The van der Waals surface area contributed by atoms with E-state index in [1.165, 1.54) is 7.11 Å². The maximum Gasteiger partial charge on any atom is 0.471 e. The van der Waals surface area contributed by atoms with Gasteiger partial charge < -0.3 is 10.1 Å². The highest BCUT2D eigenvalue weighted by atomic mass is 19.4. The molecular formula is C17H21F3N2O3. The second-order valence-corrected chi connectivity index (χ2v) is 6.21. The fourth-order valence-electron chi connectivity index (χ4n) is 3.00. The molecular weight excluding hydrogens is 337 g/mol. The maximum absolute atomic E-state index is 12.4. The molecule has 1 N–H and O–H groups in total. The number of benzene rings is 1. The van der Waals surface area contributed by atoms with Gasteiger partial charge in [0.1, 0.15) is 0 Å². The third-order valence-electron chi connectivity index (χ3n) is 4.53. The van der Waals surface area contributed by atoms with Crippen molar-refractivity contribution >= 4 is 11.9 Å². The van der Waals surface area contributed by atoms with Crippen LogP contribution in [0.5, 0.6) is 0 Å². The summed E-state index contributed by atoms with van der Waals surface area (Å²) in [6.45, 7) is 1.39. The van der Waals surface area contributed by atoms with Crippen LogP contribution >= 0.6 is 0 Å². The minimum absolute atomic E-state index is 0.324. The average molecular weight is 358 g/mol. The minimum Gasteiger partial charge on any atom is -0.469 e. The molecule has 8 heteroatoms. The number of esters is 1. The first-order chi connectivity index (χ1) is 11.8. The second kappa shape index (κ2) is 7.86. The van der Waals surface area contributed by atoms with E-state index < -0.39 is 23.5 Å². The van der Waals surface area contributed by atoms with Gasteiger partial charge in [-0.25, -0.2) is 0 Å². The molecule has 0 saturated carbocycles. The Morgan fingerprint density at radius 3 is 2.32 bits per heavy atom. The van der Waals surface area contributed by atoms with Crippen molar-refractivity contribution in [1.29, 1.82) is 0 Å². The van der Waals surface area contributed by atoms with Gasteiger partial charge in [0.25, 0.3) is 0 Å². The number of alkyl halides is 3. The first kappa shape index (κ1) is 19.2. The summed E-state index contributed by atoms with van der Waals surface area (Å²) in [5.41, 5.74) is 0.00138. The van der Waals surface area contributed by atoms with Crippen LogP contribution in [0.3, 0.4) is 0 Å². The summed E-state index contributed by atoms with van der Waals surface area (Å²) in [5.74, 6) is -2.63. The number of ether oxygens (including phenoxy) is 1. The topological polar surface area (TPSA) is 58.6 Å². The average Bonchev–Trinajstić information content (AvgIpc) is 2.60. The van der Waals surface area contributed by atoms with Gasteiger partial charge in [0, 0.05) is 13.1 Å². The lowest BCUT2D eigenvalue weighted by Crippen LogP contribution is -2.52. The molecule has 1 aliphatic heterocycles. The predicted molar refractivity (Wildman–Crippen MR) is 84.5 cm³/mol. The van der Waals surface area contributed by atoms with Crippen molar-refractivity contribution in [3.8, 4) is 0 Å². The van der Waals surface area contributed by atoms with E-state index in [1.54, 1.807) is 0 Å². The van der Waals surface area contributed by atoms with E-state index in [0.29, 0.717) is 32.5 Å². The number of nitrogens with one attached hydrogen (secondary N) is 1. The van der Waals surface area contributed by atoms with Gasteiger partial charge in [0.05, 0.1) is 12.5 Å². The molecule has 1 heterocycles. The Kier molecular flexibility index (Phi) is 6.05. The molecule has 138 valence electrons. The summed E-state index contributed by atoms with van der Waals surface area (Å²) in [6, 6.07) is 9.78. The zero-order chi connectivity index (χ0) is 18.5. The van der Waals surface area contributed by atoms with Gasteiger partial charge >= 0.3 is 18.1 Å². The molecule has 1 aliphatic rings. The fraction of sp³-hybridized carbons (Fsp3) is 0.529. The standard InChI is InChI=1S/C17H21F3N2O3/c1-25-15(24)16(12-21-14(23)17(18,19)20)7-9-22(10-8-16)11-13-5-3-2-4-6-13/h2-6H,7-12H2,1H3,(H,21,23). The van der Waals surface area contributed by atoms with Crippen molar-refractivity contribution in [3.05, 3.63) is 35.9 Å². The van der Waals surface area contributed by atoms with E-state index in [0.717, 1.165) is 5.56 Å². The maximum atomic E-state index is 12.4. The molecule has 1 saturated heterocycles. The van der Waals surface area contributed by atoms with Gasteiger partial charge in [-0.2, -0.15) is 13.2 Å². The lowest BCUT2D eigenvalue weighted by molar-refractivity contribution is -0.175. The summed E-state index contributed by atoms with van der Waals surface area (Å²) in [5, 5.41) is 1.83. The smallest absolute Gasteiger partial charge is 0.469 e. The molecule has 0 radical (unpaired) electrons. The Bertz CT molecular complexity index is 597. The predicted octanol–water partition coefficient (Wildman–Crippen LogP) is 2.12. The zero-order valence-corrected chi connectivity index (χ0v) is 13.9. The Morgan fingerprint density at radius 2 is 1.80 bits per heavy atom. The number of hydrogen-bond donors (Lipinski definition) is 1. The number of carbonyl (C=O) groups excluding carboxylic acids is 2. The summed E-state index contributed by atoms with van der Waals surface area (Å²) in [6.07, 6.45) is -4.32. The molecule has 0 unspecified atom stereocenters. The quantitative estimate of drug-likeness (QED) is 0.820. The molecule has 1 aromatic rings. The fourth-order valence-corrected chi connectivity index (χ4v) is 3.00. The molecule has 0 bridgehead atoms. The summed E-state index contributed by atoms with van der Waals surface area (Å²) < 4.78 is 41.9. The SMILES string of the molecule is COC(=O)C1(CNC(=O)C(F)(F)F)CCN(Cc2ccccc2)CC1. The molecule has 0 spiro atoms. The van der Waals surface area contributed by atoms with E-state index >= 15 is 0 Å². The van der Waals surface area contributed by atoms with Crippen molar-refractivity contribution < 1.29 is 27.5 Å². The van der Waals surface area contributed by atoms with Gasteiger partial charge in [-0.1, -0.05) is 30.3 Å². The van der Waals surface area contributed by atoms with Crippen molar-refractivity contribution in [3.63, 3.8) is 0 Å². The van der Waals surface area contributed by atoms with Crippen LogP contribution in [0, 0.1) is 5.41 Å². The van der Waals surface area contributed by atoms with Crippen LogP contribution in [-0.2, 0) is 20.9 Å². The summed E-state index contributed by atoms with van der Waals surface area (Å²) in [4.78, 5) is 25.3. The number of likely N-dealkylation sites (tertiary alicyclic amines) is 1. The van der Waals surface area contributed by atoms with E-state index in [4.69, 9.17) is 4.74 Å². The van der Waals surface area contributed by atoms with Gasteiger partial charge in [0.2, 0.25) is 0 Å². The number of nitrogens with zero attached hydrogens (tertiary/aromatic N) is 1. The van der Waals surface area contributed by atoms with Crippen molar-refractivity contribution in [2.45, 2.75) is 25.6 Å². The first-order valence-corrected chi connectivity index (χ1v) is 7.96. The summed E-state index contributed by atoms with van der Waals surface area (Å²) in [7, 11) is 1.20. The Hall–Kier alpha value is -2.09. The Morgan fingerprint density at radius 1 is 1.20 bits per heavy atom. The van der Waals surface area contributed by atoms with Crippen LogP contribution in [0.15, 0.2) is 30.3 Å². The Balaban J connectivity index is 1.98. The van der Waals surface area contributed by atoms with Crippen LogP contribution in [0.1, 0.15) is 18.4 Å². The number of piperidine rings is 1. The molecule has 0 aromatic heterocycles. The van der Waals surface area contributed by atoms with Crippen molar-refractivity contribution in [2.75, 3.05) is 26.7 Å².